The molecule has 0 aliphatic carbocycles. The summed E-state index contributed by atoms with van der Waals surface area (Å²) in [6.07, 6.45) is 0.920. The predicted octanol–water partition coefficient (Wildman–Crippen LogP) is 2.32. The number of aromatic carboxylic acids is 1. The largest absolute Gasteiger partial charge is 0.477 e. The Morgan fingerprint density at radius 3 is 2.64 bits per heavy atom. The minimum Gasteiger partial charge on any atom is -0.477 e. The lowest BCUT2D eigenvalue weighted by atomic mass is 10.2. The average Bonchev–Trinajstić information content (AvgIpc) is 2.31. The maximum absolute atomic E-state index is 10.5. The monoisotopic (exact) mass is 170 g/mol. The summed E-state index contributed by atoms with van der Waals surface area (Å²) in [5.41, 5.74) is 1.09. The highest BCUT2D eigenvalue weighted by atomic mass is 32.1. The van der Waals surface area contributed by atoms with E-state index in [1.807, 2.05) is 13.8 Å². The van der Waals surface area contributed by atoms with Gasteiger partial charge in [0.1, 0.15) is 4.88 Å². The smallest absolute Gasteiger partial charge is 0.345 e. The second kappa shape index (κ2) is 3.05. The third kappa shape index (κ3) is 1.60. The van der Waals surface area contributed by atoms with Crippen LogP contribution in [0.15, 0.2) is 6.07 Å². The fraction of sp³-hybridized carbons (Fsp3) is 0.375. The number of aryl methyl sites for hydroxylation is 2. The summed E-state index contributed by atoms with van der Waals surface area (Å²) < 4.78 is 0. The zero-order chi connectivity index (χ0) is 8.43. The number of hydrogen-bond donors (Lipinski definition) is 1. The first-order valence-corrected chi connectivity index (χ1v) is 4.29. The van der Waals surface area contributed by atoms with Crippen molar-refractivity contribution < 1.29 is 9.90 Å². The lowest BCUT2D eigenvalue weighted by Crippen LogP contribution is -1.89. The molecule has 60 valence electrons. The second-order valence-corrected chi connectivity index (χ2v) is 3.51. The Balaban J connectivity index is 3.05. The molecule has 0 saturated carbocycles. The van der Waals surface area contributed by atoms with Gasteiger partial charge in [0, 0.05) is 4.88 Å². The van der Waals surface area contributed by atoms with E-state index in [-0.39, 0.29) is 0 Å². The van der Waals surface area contributed by atoms with Crippen LogP contribution in [0.2, 0.25) is 0 Å². The van der Waals surface area contributed by atoms with E-state index in [9.17, 15) is 4.79 Å². The highest BCUT2D eigenvalue weighted by Crippen LogP contribution is 2.21. The molecule has 2 nitrogen and oxygen atoms in total. The Morgan fingerprint density at radius 2 is 2.36 bits per heavy atom. The number of thiophene rings is 1. The summed E-state index contributed by atoms with van der Waals surface area (Å²) >= 11 is 1.37. The van der Waals surface area contributed by atoms with E-state index in [0.29, 0.717) is 4.88 Å². The fourth-order valence-corrected chi connectivity index (χ4v) is 1.93. The lowest BCUT2D eigenvalue weighted by Gasteiger charge is -1.87. The highest BCUT2D eigenvalue weighted by molar-refractivity contribution is 7.14. The molecule has 3 heteroatoms. The van der Waals surface area contributed by atoms with Gasteiger partial charge in [0.25, 0.3) is 0 Å². The molecule has 0 amide bonds. The Hall–Kier alpha value is -0.830. The van der Waals surface area contributed by atoms with Crippen molar-refractivity contribution in [1.82, 2.24) is 0 Å². The van der Waals surface area contributed by atoms with Crippen LogP contribution in [-0.2, 0) is 6.42 Å². The van der Waals surface area contributed by atoms with Crippen molar-refractivity contribution in [3.05, 3.63) is 21.4 Å². The summed E-state index contributed by atoms with van der Waals surface area (Å²) in [6, 6.07) is 1.73. The van der Waals surface area contributed by atoms with Crippen molar-refractivity contribution >= 4 is 17.3 Å². The van der Waals surface area contributed by atoms with Gasteiger partial charge in [-0.2, -0.15) is 0 Å². The molecule has 0 aliphatic heterocycles. The van der Waals surface area contributed by atoms with Crippen molar-refractivity contribution in [1.29, 1.82) is 0 Å². The normalized spacial score (nSPS) is 10.0. The average molecular weight is 170 g/mol. The minimum absolute atomic E-state index is 0.444. The summed E-state index contributed by atoms with van der Waals surface area (Å²) in [5, 5.41) is 8.63. The van der Waals surface area contributed by atoms with Gasteiger partial charge < -0.3 is 5.11 Å². The maximum Gasteiger partial charge on any atom is 0.345 e. The van der Waals surface area contributed by atoms with Gasteiger partial charge in [-0.25, -0.2) is 4.79 Å². The van der Waals surface area contributed by atoms with Crippen LogP contribution in [0.1, 0.15) is 27.0 Å². The van der Waals surface area contributed by atoms with Crippen LogP contribution in [0, 0.1) is 6.92 Å². The minimum atomic E-state index is -0.821. The van der Waals surface area contributed by atoms with Gasteiger partial charge in [-0.1, -0.05) is 6.92 Å². The van der Waals surface area contributed by atoms with E-state index >= 15 is 0 Å². The summed E-state index contributed by atoms with van der Waals surface area (Å²) in [4.78, 5) is 12.1. The number of hydrogen-bond acceptors (Lipinski definition) is 2. The van der Waals surface area contributed by atoms with E-state index in [1.54, 1.807) is 6.07 Å². The molecule has 1 aromatic heterocycles. The first-order chi connectivity index (χ1) is 5.15. The highest BCUT2D eigenvalue weighted by Gasteiger charge is 2.08. The second-order valence-electron chi connectivity index (χ2n) is 2.38. The maximum atomic E-state index is 10.5. The van der Waals surface area contributed by atoms with Gasteiger partial charge in [0.15, 0.2) is 0 Å². The van der Waals surface area contributed by atoms with Crippen molar-refractivity contribution in [2.45, 2.75) is 20.3 Å². The number of carboxylic acid groups (broad SMARTS) is 1. The zero-order valence-corrected chi connectivity index (χ0v) is 7.36. The molecule has 0 atom stereocenters. The van der Waals surface area contributed by atoms with Gasteiger partial charge in [0.2, 0.25) is 0 Å². The van der Waals surface area contributed by atoms with Crippen molar-refractivity contribution in [2.75, 3.05) is 0 Å². The van der Waals surface area contributed by atoms with Crippen LogP contribution in [0.5, 0.6) is 0 Å². The molecule has 11 heavy (non-hydrogen) atoms. The molecule has 0 spiro atoms. The predicted molar refractivity (Wildman–Crippen MR) is 45.4 cm³/mol. The summed E-state index contributed by atoms with van der Waals surface area (Å²) in [6.45, 7) is 3.98. The Labute approximate surface area is 69.5 Å². The molecular formula is C8H10O2S. The van der Waals surface area contributed by atoms with E-state index in [0.717, 1.165) is 12.0 Å². The molecule has 0 unspecified atom stereocenters. The van der Waals surface area contributed by atoms with Crippen LogP contribution in [-0.4, -0.2) is 11.1 Å². The van der Waals surface area contributed by atoms with Crippen LogP contribution in [0.3, 0.4) is 0 Å². The topological polar surface area (TPSA) is 37.3 Å². The van der Waals surface area contributed by atoms with Gasteiger partial charge in [-0.3, -0.25) is 0 Å². The summed E-state index contributed by atoms with van der Waals surface area (Å²) in [5.74, 6) is -0.821. The van der Waals surface area contributed by atoms with Crippen LogP contribution in [0.25, 0.3) is 0 Å². The number of carbonyl (C=O) groups is 1. The van der Waals surface area contributed by atoms with Crippen molar-refractivity contribution in [3.63, 3.8) is 0 Å². The molecule has 0 aromatic carbocycles. The quantitative estimate of drug-likeness (QED) is 0.739. The molecule has 1 N–H and O–H groups in total. The fourth-order valence-electron chi connectivity index (χ4n) is 0.976. The number of carboxylic acids is 1. The van der Waals surface area contributed by atoms with Crippen LogP contribution < -0.4 is 0 Å². The first kappa shape index (κ1) is 8.27. The van der Waals surface area contributed by atoms with Crippen molar-refractivity contribution in [2.24, 2.45) is 0 Å². The molecule has 0 fully saturated rings. The van der Waals surface area contributed by atoms with E-state index in [4.69, 9.17) is 5.11 Å². The van der Waals surface area contributed by atoms with E-state index in [2.05, 4.69) is 0 Å². The first-order valence-electron chi connectivity index (χ1n) is 3.47. The molecule has 1 rings (SSSR count). The Kier molecular flexibility index (Phi) is 2.29. The third-order valence-electron chi connectivity index (χ3n) is 1.55. The van der Waals surface area contributed by atoms with E-state index < -0.39 is 5.97 Å². The van der Waals surface area contributed by atoms with Crippen LogP contribution in [0.4, 0.5) is 0 Å². The molecule has 0 radical (unpaired) electrons. The molecule has 1 heterocycles. The standard InChI is InChI=1S/C8H10O2S/c1-3-6-5(2)4-7(11-6)8(9)10/h4H,3H2,1-2H3,(H,9,10). The molecule has 1 aromatic rings. The van der Waals surface area contributed by atoms with Gasteiger partial charge in [0.05, 0.1) is 0 Å². The number of rotatable bonds is 2. The van der Waals surface area contributed by atoms with Crippen LogP contribution >= 0.6 is 11.3 Å². The third-order valence-corrected chi connectivity index (χ3v) is 2.92. The van der Waals surface area contributed by atoms with Gasteiger partial charge >= 0.3 is 5.97 Å². The zero-order valence-electron chi connectivity index (χ0n) is 6.55. The van der Waals surface area contributed by atoms with Gasteiger partial charge in [-0.15, -0.1) is 11.3 Å². The SMILES string of the molecule is CCc1sc(C(=O)O)cc1C. The molecule has 0 bridgehead atoms. The van der Waals surface area contributed by atoms with Crippen molar-refractivity contribution in [3.8, 4) is 0 Å². The van der Waals surface area contributed by atoms with Gasteiger partial charge in [-0.05, 0) is 25.0 Å². The molecule has 0 saturated heterocycles. The molecular weight excluding hydrogens is 160 g/mol. The lowest BCUT2D eigenvalue weighted by molar-refractivity contribution is 0.0702. The Morgan fingerprint density at radius 1 is 1.73 bits per heavy atom. The Bertz CT molecular complexity index is 276. The molecule has 0 aliphatic rings. The van der Waals surface area contributed by atoms with E-state index in [1.165, 1.54) is 16.2 Å². The summed E-state index contributed by atoms with van der Waals surface area (Å²) in [7, 11) is 0.